The minimum Gasteiger partial charge on any atom is -0.507 e. The fourth-order valence-corrected chi connectivity index (χ4v) is 3.48. The Kier molecular flexibility index (Phi) is 4.75. The van der Waals surface area contributed by atoms with Crippen molar-refractivity contribution in [1.82, 2.24) is 4.90 Å². The molecule has 5 nitrogen and oxygen atoms in total. The van der Waals surface area contributed by atoms with Gasteiger partial charge in [0.2, 0.25) is 0 Å². The van der Waals surface area contributed by atoms with Crippen LogP contribution < -0.4 is 0 Å². The minimum absolute atomic E-state index is 0.0464. The van der Waals surface area contributed by atoms with Gasteiger partial charge >= 0.3 is 0 Å². The largest absolute Gasteiger partial charge is 0.507 e. The lowest BCUT2D eigenvalue weighted by Gasteiger charge is -2.24. The van der Waals surface area contributed by atoms with E-state index in [0.717, 1.165) is 0 Å². The molecule has 140 valence electrons. The molecule has 1 fully saturated rings. The third kappa shape index (κ3) is 3.21. The molecule has 0 saturated carbocycles. The normalized spacial score (nSPS) is 18.6. The Morgan fingerprint density at radius 1 is 1.00 bits per heavy atom. The monoisotopic (exact) mass is 393 g/mol. The van der Waals surface area contributed by atoms with Gasteiger partial charge in [-0.15, -0.1) is 0 Å². The van der Waals surface area contributed by atoms with E-state index >= 15 is 0 Å². The molecule has 0 radical (unpaired) electrons. The van der Waals surface area contributed by atoms with E-state index in [1.165, 1.54) is 11.2 Å². The molecule has 28 heavy (non-hydrogen) atoms. The highest BCUT2D eigenvalue weighted by atomic mass is 35.5. The zero-order valence-electron chi connectivity index (χ0n) is 14.7. The number of likely N-dealkylation sites (tertiary alicyclic amines) is 1. The zero-order chi connectivity index (χ0) is 19.7. The molecule has 2 aromatic carbocycles. The Morgan fingerprint density at radius 3 is 2.36 bits per heavy atom. The first-order chi connectivity index (χ1) is 13.6. The highest BCUT2D eigenvalue weighted by molar-refractivity contribution is 6.46. The van der Waals surface area contributed by atoms with Gasteiger partial charge in [0, 0.05) is 10.6 Å². The number of amides is 1. The number of furan rings is 1. The summed E-state index contributed by atoms with van der Waals surface area (Å²) < 4.78 is 5.36. The number of Topliss-reactive ketones (excluding diaryl/α,β-unsaturated/α-hetero) is 1. The fourth-order valence-electron chi connectivity index (χ4n) is 3.36. The third-order valence-corrected chi connectivity index (χ3v) is 4.93. The van der Waals surface area contributed by atoms with Gasteiger partial charge in [0.05, 0.1) is 24.4 Å². The maximum absolute atomic E-state index is 12.8. The predicted molar refractivity (Wildman–Crippen MR) is 104 cm³/mol. The summed E-state index contributed by atoms with van der Waals surface area (Å²) in [5, 5.41) is 11.4. The molecule has 1 amide bonds. The van der Waals surface area contributed by atoms with Gasteiger partial charge in [-0.05, 0) is 29.8 Å². The number of hydrogen-bond acceptors (Lipinski definition) is 4. The maximum Gasteiger partial charge on any atom is 0.296 e. The first kappa shape index (κ1) is 18.1. The van der Waals surface area contributed by atoms with E-state index in [2.05, 4.69) is 0 Å². The molecular formula is C22H16ClNO4. The van der Waals surface area contributed by atoms with Gasteiger partial charge < -0.3 is 14.4 Å². The molecule has 4 rings (SSSR count). The Hall–Kier alpha value is -3.31. The van der Waals surface area contributed by atoms with Crippen LogP contribution in [0.1, 0.15) is 22.9 Å². The number of benzene rings is 2. The van der Waals surface area contributed by atoms with Crippen molar-refractivity contribution >= 4 is 29.1 Å². The predicted octanol–water partition coefficient (Wildman–Crippen LogP) is 4.55. The number of hydrogen-bond donors (Lipinski definition) is 1. The third-order valence-electron chi connectivity index (χ3n) is 4.68. The second-order valence-corrected chi connectivity index (χ2v) is 6.86. The number of aliphatic hydroxyl groups excluding tert-OH is 1. The van der Waals surface area contributed by atoms with Crippen molar-refractivity contribution in [3.63, 3.8) is 0 Å². The Labute approximate surface area is 166 Å². The van der Waals surface area contributed by atoms with Crippen molar-refractivity contribution in [3.8, 4) is 0 Å². The Bertz CT molecular complexity index is 1040. The van der Waals surface area contributed by atoms with Crippen molar-refractivity contribution in [2.45, 2.75) is 12.6 Å². The lowest BCUT2D eigenvalue weighted by Crippen LogP contribution is -2.29. The van der Waals surface area contributed by atoms with Crippen LogP contribution >= 0.6 is 11.6 Å². The van der Waals surface area contributed by atoms with E-state index in [1.54, 1.807) is 60.7 Å². The summed E-state index contributed by atoms with van der Waals surface area (Å²) >= 11 is 6.00. The molecule has 2 heterocycles. The van der Waals surface area contributed by atoms with Gasteiger partial charge in [0.1, 0.15) is 11.5 Å². The smallest absolute Gasteiger partial charge is 0.296 e. The van der Waals surface area contributed by atoms with Crippen LogP contribution in [0.4, 0.5) is 0 Å². The Morgan fingerprint density at radius 2 is 1.71 bits per heavy atom. The average Bonchev–Trinajstić information content (AvgIpc) is 3.31. The van der Waals surface area contributed by atoms with E-state index in [0.29, 0.717) is 21.9 Å². The zero-order valence-corrected chi connectivity index (χ0v) is 15.5. The van der Waals surface area contributed by atoms with Crippen LogP contribution in [0.5, 0.6) is 0 Å². The molecule has 0 unspecified atom stereocenters. The van der Waals surface area contributed by atoms with E-state index in [4.69, 9.17) is 16.0 Å². The number of carbonyl (C=O) groups is 2. The SMILES string of the molecule is O=C1C(=O)N(Cc2ccco2)[C@@H](c2ccc(Cl)cc2)/C1=C(\O)c1ccccc1. The van der Waals surface area contributed by atoms with Crippen LogP contribution in [0.25, 0.3) is 5.76 Å². The van der Waals surface area contributed by atoms with Crippen molar-refractivity contribution in [3.05, 3.63) is 100 Å². The number of carbonyl (C=O) groups excluding carboxylic acids is 2. The number of rotatable bonds is 4. The van der Waals surface area contributed by atoms with Gasteiger partial charge in [0.15, 0.2) is 0 Å². The van der Waals surface area contributed by atoms with E-state index in [1.807, 2.05) is 6.07 Å². The van der Waals surface area contributed by atoms with Crippen molar-refractivity contribution in [1.29, 1.82) is 0 Å². The van der Waals surface area contributed by atoms with E-state index < -0.39 is 17.7 Å². The fraction of sp³-hybridized carbons (Fsp3) is 0.0909. The second-order valence-electron chi connectivity index (χ2n) is 6.42. The van der Waals surface area contributed by atoms with Gasteiger partial charge in [-0.1, -0.05) is 54.1 Å². The lowest BCUT2D eigenvalue weighted by molar-refractivity contribution is -0.140. The van der Waals surface area contributed by atoms with Crippen molar-refractivity contribution < 1.29 is 19.1 Å². The molecule has 0 bridgehead atoms. The summed E-state index contributed by atoms with van der Waals surface area (Å²) in [5.41, 5.74) is 1.19. The standard InChI is InChI=1S/C22H16ClNO4/c23-16-10-8-14(9-11-16)19-18(20(25)15-5-2-1-3-6-15)21(26)22(27)24(19)13-17-7-4-12-28-17/h1-12,19,25H,13H2/b20-18+/t19-/m0/s1. The molecule has 0 spiro atoms. The van der Waals surface area contributed by atoms with Crippen LogP contribution in [-0.2, 0) is 16.1 Å². The number of nitrogens with zero attached hydrogens (tertiary/aromatic N) is 1. The van der Waals surface area contributed by atoms with Crippen LogP contribution in [-0.4, -0.2) is 21.7 Å². The van der Waals surface area contributed by atoms with Gasteiger partial charge in [-0.25, -0.2) is 0 Å². The highest BCUT2D eigenvalue weighted by Crippen LogP contribution is 2.40. The quantitative estimate of drug-likeness (QED) is 0.401. The summed E-state index contributed by atoms with van der Waals surface area (Å²) in [7, 11) is 0. The van der Waals surface area contributed by atoms with Crippen molar-refractivity contribution in [2.24, 2.45) is 0 Å². The van der Waals surface area contributed by atoms with E-state index in [-0.39, 0.29) is 17.9 Å². The molecule has 1 atom stereocenters. The van der Waals surface area contributed by atoms with Crippen LogP contribution in [0.2, 0.25) is 5.02 Å². The molecule has 3 aromatic rings. The molecule has 1 aromatic heterocycles. The summed E-state index contributed by atoms with van der Waals surface area (Å²) in [5.74, 6) is -1.08. The molecular weight excluding hydrogens is 378 g/mol. The number of halogens is 1. The lowest BCUT2D eigenvalue weighted by atomic mass is 9.95. The van der Waals surface area contributed by atoms with E-state index in [9.17, 15) is 14.7 Å². The van der Waals surface area contributed by atoms with Crippen molar-refractivity contribution in [2.75, 3.05) is 0 Å². The van der Waals surface area contributed by atoms with Gasteiger partial charge in [-0.3, -0.25) is 9.59 Å². The molecule has 1 aliphatic rings. The first-order valence-corrected chi connectivity index (χ1v) is 9.05. The number of ketones is 1. The topological polar surface area (TPSA) is 70.8 Å². The van der Waals surface area contributed by atoms with Gasteiger partial charge in [-0.2, -0.15) is 0 Å². The molecule has 0 aliphatic carbocycles. The number of aliphatic hydroxyl groups is 1. The molecule has 6 heteroatoms. The molecule has 1 N–H and O–H groups in total. The van der Waals surface area contributed by atoms with Crippen LogP contribution in [0, 0.1) is 0 Å². The summed E-state index contributed by atoms with van der Waals surface area (Å²) in [4.78, 5) is 27.0. The maximum atomic E-state index is 12.8. The summed E-state index contributed by atoms with van der Waals surface area (Å²) in [6.45, 7) is 0.108. The highest BCUT2D eigenvalue weighted by Gasteiger charge is 2.46. The molecule has 1 saturated heterocycles. The molecule has 1 aliphatic heterocycles. The van der Waals surface area contributed by atoms with Crippen LogP contribution in [0.15, 0.2) is 83.0 Å². The second kappa shape index (κ2) is 7.37. The van der Waals surface area contributed by atoms with Gasteiger partial charge in [0.25, 0.3) is 11.7 Å². The Balaban J connectivity index is 1.86. The summed E-state index contributed by atoms with van der Waals surface area (Å²) in [6.07, 6.45) is 1.51. The first-order valence-electron chi connectivity index (χ1n) is 8.68. The average molecular weight is 394 g/mol. The summed E-state index contributed by atoms with van der Waals surface area (Å²) in [6, 6.07) is 18.3. The van der Waals surface area contributed by atoms with Crippen LogP contribution in [0.3, 0.4) is 0 Å². The minimum atomic E-state index is -0.748.